The third-order valence-electron chi connectivity index (χ3n) is 1.81. The zero-order chi connectivity index (χ0) is 8.55. The number of rotatable bonds is 0. The summed E-state index contributed by atoms with van der Waals surface area (Å²) in [5.74, 6) is 0. The van der Waals surface area contributed by atoms with Gasteiger partial charge < -0.3 is 5.73 Å². The van der Waals surface area contributed by atoms with Crippen LogP contribution in [0.25, 0.3) is 10.9 Å². The number of aromatic nitrogens is 1. The Hall–Kier alpha value is -1.57. The van der Waals surface area contributed by atoms with E-state index in [4.69, 9.17) is 5.73 Å². The number of anilines is 1. The quantitative estimate of drug-likeness (QED) is 0.593. The van der Waals surface area contributed by atoms with E-state index in [1.54, 1.807) is 0 Å². The molecule has 2 rings (SSSR count). The summed E-state index contributed by atoms with van der Waals surface area (Å²) < 4.78 is 0. The van der Waals surface area contributed by atoms with Crippen molar-refractivity contribution in [2.75, 3.05) is 5.73 Å². The molecule has 2 nitrogen and oxygen atoms in total. The first-order valence-corrected chi connectivity index (χ1v) is 3.81. The molecule has 1 aromatic carbocycles. The summed E-state index contributed by atoms with van der Waals surface area (Å²) in [5, 5.41) is 1.08. The molecular weight excluding hydrogens is 148 g/mol. The summed E-state index contributed by atoms with van der Waals surface area (Å²) in [7, 11) is 0. The summed E-state index contributed by atoms with van der Waals surface area (Å²) in [6, 6.07) is 7.80. The Labute approximate surface area is 71.0 Å². The highest BCUT2D eigenvalue weighted by atomic mass is 14.7. The maximum absolute atomic E-state index is 5.72. The number of nitrogen functional groups attached to an aromatic ring is 1. The minimum atomic E-state index is 0.712. The molecule has 0 saturated heterocycles. The van der Waals surface area contributed by atoms with Gasteiger partial charge in [0.25, 0.3) is 0 Å². The van der Waals surface area contributed by atoms with Crippen LogP contribution in [0, 0.1) is 13.1 Å². The van der Waals surface area contributed by atoms with Crippen LogP contribution in [0.4, 0.5) is 5.69 Å². The fourth-order valence-electron chi connectivity index (χ4n) is 1.24. The van der Waals surface area contributed by atoms with E-state index in [2.05, 4.69) is 11.2 Å². The van der Waals surface area contributed by atoms with E-state index in [0.717, 1.165) is 16.5 Å². The second-order valence-electron chi connectivity index (χ2n) is 2.84. The molecule has 0 unspecified atom stereocenters. The average Bonchev–Trinajstić information content (AvgIpc) is 2.04. The van der Waals surface area contributed by atoms with Crippen LogP contribution in [0.3, 0.4) is 0 Å². The van der Waals surface area contributed by atoms with Crippen LogP contribution in [0.1, 0.15) is 5.56 Å². The minimum absolute atomic E-state index is 0.712. The molecule has 0 aliphatic rings. The molecule has 0 atom stereocenters. The molecule has 0 aliphatic heterocycles. The van der Waals surface area contributed by atoms with Crippen LogP contribution >= 0.6 is 0 Å². The zero-order valence-electron chi connectivity index (χ0n) is 6.83. The third-order valence-corrected chi connectivity index (χ3v) is 1.81. The zero-order valence-corrected chi connectivity index (χ0v) is 6.83. The van der Waals surface area contributed by atoms with Crippen LogP contribution < -0.4 is 5.73 Å². The van der Waals surface area contributed by atoms with Crippen molar-refractivity contribution in [1.82, 2.24) is 4.98 Å². The van der Waals surface area contributed by atoms with Gasteiger partial charge in [-0.05, 0) is 24.6 Å². The molecule has 59 valence electrons. The molecule has 0 fully saturated rings. The van der Waals surface area contributed by atoms with Crippen molar-refractivity contribution in [3.63, 3.8) is 0 Å². The van der Waals surface area contributed by atoms with Crippen molar-refractivity contribution < 1.29 is 0 Å². The van der Waals surface area contributed by atoms with Crippen LogP contribution in [0.2, 0.25) is 0 Å². The van der Waals surface area contributed by atoms with Crippen LogP contribution in [0.5, 0.6) is 0 Å². The van der Waals surface area contributed by atoms with Crippen molar-refractivity contribution in [3.05, 3.63) is 36.0 Å². The molecule has 0 bridgehead atoms. The van der Waals surface area contributed by atoms with E-state index >= 15 is 0 Å². The number of benzene rings is 1. The number of pyridine rings is 1. The van der Waals surface area contributed by atoms with E-state index in [-0.39, 0.29) is 0 Å². The van der Waals surface area contributed by atoms with E-state index in [0.29, 0.717) is 5.69 Å². The third kappa shape index (κ3) is 1.01. The van der Waals surface area contributed by atoms with Gasteiger partial charge in [-0.25, -0.2) is 4.98 Å². The summed E-state index contributed by atoms with van der Waals surface area (Å²) in [6.45, 7) is 1.97. The SMILES string of the molecule is Cc1[c]nc2c(N)cccc2c1. The lowest BCUT2D eigenvalue weighted by Crippen LogP contribution is -1.89. The van der Waals surface area contributed by atoms with Crippen LogP contribution in [-0.2, 0) is 0 Å². The number of hydrogen-bond acceptors (Lipinski definition) is 2. The lowest BCUT2D eigenvalue weighted by Gasteiger charge is -1.99. The molecule has 0 aliphatic carbocycles. The van der Waals surface area contributed by atoms with Crippen molar-refractivity contribution >= 4 is 16.6 Å². The number of nitrogens with two attached hydrogens (primary N) is 1. The molecular formula is C10H9N2. The first-order valence-electron chi connectivity index (χ1n) is 3.81. The van der Waals surface area contributed by atoms with Crippen molar-refractivity contribution in [2.45, 2.75) is 6.92 Å². The van der Waals surface area contributed by atoms with Gasteiger partial charge >= 0.3 is 0 Å². The Morgan fingerprint density at radius 2 is 2.25 bits per heavy atom. The molecule has 0 saturated carbocycles. The van der Waals surface area contributed by atoms with Gasteiger partial charge in [-0.15, -0.1) is 0 Å². The van der Waals surface area contributed by atoms with Crippen LogP contribution in [-0.4, -0.2) is 4.98 Å². The molecule has 0 spiro atoms. The van der Waals surface area contributed by atoms with Gasteiger partial charge in [0.15, 0.2) is 0 Å². The van der Waals surface area contributed by atoms with Gasteiger partial charge in [0.2, 0.25) is 0 Å². The fraction of sp³-hybridized carbons (Fsp3) is 0.100. The Bertz CT molecular complexity index is 421. The van der Waals surface area contributed by atoms with Gasteiger partial charge in [-0.3, -0.25) is 0 Å². The van der Waals surface area contributed by atoms with Crippen molar-refractivity contribution in [1.29, 1.82) is 0 Å². The number of para-hydroxylation sites is 1. The maximum Gasteiger partial charge on any atom is 0.0939 e. The normalized spacial score (nSPS) is 10.4. The number of hydrogen-bond donors (Lipinski definition) is 1. The summed E-state index contributed by atoms with van der Waals surface area (Å²) >= 11 is 0. The minimum Gasteiger partial charge on any atom is -0.397 e. The fourth-order valence-corrected chi connectivity index (χ4v) is 1.24. The second kappa shape index (κ2) is 2.48. The second-order valence-corrected chi connectivity index (χ2v) is 2.84. The molecule has 12 heavy (non-hydrogen) atoms. The highest BCUT2D eigenvalue weighted by molar-refractivity contribution is 5.89. The van der Waals surface area contributed by atoms with Gasteiger partial charge in [0, 0.05) is 5.39 Å². The molecule has 2 aromatic rings. The lowest BCUT2D eigenvalue weighted by atomic mass is 10.1. The van der Waals surface area contributed by atoms with Gasteiger partial charge in [0.1, 0.15) is 0 Å². The molecule has 1 heterocycles. The number of fused-ring (bicyclic) bond motifs is 1. The average molecular weight is 157 g/mol. The predicted octanol–water partition coefficient (Wildman–Crippen LogP) is 1.93. The first-order chi connectivity index (χ1) is 5.77. The summed E-state index contributed by atoms with van der Waals surface area (Å²) in [5.41, 5.74) is 8.31. The first kappa shape index (κ1) is 7.10. The predicted molar refractivity (Wildman–Crippen MR) is 49.7 cm³/mol. The Morgan fingerprint density at radius 1 is 1.42 bits per heavy atom. The van der Waals surface area contributed by atoms with Crippen molar-refractivity contribution in [3.8, 4) is 0 Å². The largest absolute Gasteiger partial charge is 0.397 e. The summed E-state index contributed by atoms with van der Waals surface area (Å²) in [6.07, 6.45) is 2.89. The standard InChI is InChI=1S/C10H9N2/c1-7-5-8-3-2-4-9(11)10(8)12-6-7/h2-5H,11H2,1H3. The number of aryl methyl sites for hydroxylation is 1. The van der Waals surface area contributed by atoms with E-state index in [1.807, 2.05) is 31.2 Å². The smallest absolute Gasteiger partial charge is 0.0939 e. The Morgan fingerprint density at radius 3 is 3.08 bits per heavy atom. The van der Waals surface area contributed by atoms with Crippen molar-refractivity contribution in [2.24, 2.45) is 0 Å². The van der Waals surface area contributed by atoms with E-state index in [1.165, 1.54) is 0 Å². The van der Waals surface area contributed by atoms with E-state index < -0.39 is 0 Å². The highest BCUT2D eigenvalue weighted by Crippen LogP contribution is 2.18. The van der Waals surface area contributed by atoms with E-state index in [9.17, 15) is 0 Å². The molecule has 2 heteroatoms. The monoisotopic (exact) mass is 157 g/mol. The maximum atomic E-state index is 5.72. The molecule has 2 N–H and O–H groups in total. The molecule has 0 amide bonds. The Kier molecular flexibility index (Phi) is 1.47. The van der Waals surface area contributed by atoms with Gasteiger partial charge in [-0.1, -0.05) is 12.1 Å². The van der Waals surface area contributed by atoms with Gasteiger partial charge in [0.05, 0.1) is 17.4 Å². The highest BCUT2D eigenvalue weighted by Gasteiger charge is 1.97. The topological polar surface area (TPSA) is 38.9 Å². The van der Waals surface area contributed by atoms with Crippen LogP contribution in [0.15, 0.2) is 24.3 Å². The molecule has 1 radical (unpaired) electrons. The molecule has 1 aromatic heterocycles. The Balaban J connectivity index is 2.86. The lowest BCUT2D eigenvalue weighted by molar-refractivity contribution is 1.32. The van der Waals surface area contributed by atoms with Gasteiger partial charge in [-0.2, -0.15) is 0 Å². The summed E-state index contributed by atoms with van der Waals surface area (Å²) in [4.78, 5) is 4.13. The number of nitrogens with zero attached hydrogens (tertiary/aromatic N) is 1.